The van der Waals surface area contributed by atoms with Gasteiger partial charge in [0.1, 0.15) is 23.4 Å². The molecule has 0 bridgehead atoms. The number of carbonyl (C=O) groups excluding carboxylic acids is 1. The number of fused-ring (bicyclic) bond motifs is 2. The number of hydrogen-bond donors (Lipinski definition) is 3. The fourth-order valence-electron chi connectivity index (χ4n) is 4.99. The Labute approximate surface area is 219 Å². The third kappa shape index (κ3) is 5.51. The van der Waals surface area contributed by atoms with Gasteiger partial charge >= 0.3 is 6.09 Å². The van der Waals surface area contributed by atoms with Crippen LogP contribution in [0.15, 0.2) is 83.1 Å². The van der Waals surface area contributed by atoms with Gasteiger partial charge < -0.3 is 25.0 Å². The summed E-state index contributed by atoms with van der Waals surface area (Å²) in [6.07, 6.45) is 5.61. The SMILES string of the molecule is O=C(Oc1ccc(F)cc1)N1CCC2=C(NC3C=CC(Cl)=CC23)[C@@H]1c1ccc(OCC[C@H](O)CO)cc1. The van der Waals surface area contributed by atoms with Gasteiger partial charge in [-0.1, -0.05) is 35.9 Å². The molecule has 0 fully saturated rings. The molecule has 7 nitrogen and oxygen atoms in total. The van der Waals surface area contributed by atoms with E-state index >= 15 is 0 Å². The third-order valence-electron chi connectivity index (χ3n) is 6.85. The Kier molecular flexibility index (Phi) is 7.50. The second-order valence-electron chi connectivity index (χ2n) is 9.26. The first-order chi connectivity index (χ1) is 17.9. The summed E-state index contributed by atoms with van der Waals surface area (Å²) in [6.45, 7) is 0.400. The van der Waals surface area contributed by atoms with Crippen LogP contribution in [0.1, 0.15) is 24.4 Å². The van der Waals surface area contributed by atoms with Crippen LogP contribution in [0.25, 0.3) is 0 Å². The zero-order valence-corrected chi connectivity index (χ0v) is 20.8. The number of aliphatic hydroxyl groups is 2. The number of allylic oxidation sites excluding steroid dienone is 2. The highest BCUT2D eigenvalue weighted by atomic mass is 35.5. The Morgan fingerprint density at radius 2 is 1.89 bits per heavy atom. The monoisotopic (exact) mass is 526 g/mol. The van der Waals surface area contributed by atoms with E-state index in [2.05, 4.69) is 5.32 Å². The molecule has 9 heteroatoms. The van der Waals surface area contributed by atoms with E-state index in [1.807, 2.05) is 42.5 Å². The van der Waals surface area contributed by atoms with Gasteiger partial charge in [0, 0.05) is 29.6 Å². The maximum atomic E-state index is 13.3. The molecule has 37 heavy (non-hydrogen) atoms. The van der Waals surface area contributed by atoms with Gasteiger partial charge in [0.05, 0.1) is 25.4 Å². The highest BCUT2D eigenvalue weighted by Gasteiger charge is 2.43. The average Bonchev–Trinajstić information content (AvgIpc) is 3.27. The number of carbonyl (C=O) groups is 1. The maximum absolute atomic E-state index is 13.3. The summed E-state index contributed by atoms with van der Waals surface area (Å²) in [5.41, 5.74) is 3.03. The van der Waals surface area contributed by atoms with Gasteiger partial charge in [0.2, 0.25) is 0 Å². The molecule has 0 saturated carbocycles. The average molecular weight is 527 g/mol. The van der Waals surface area contributed by atoms with Crippen LogP contribution in [0.3, 0.4) is 0 Å². The molecule has 0 spiro atoms. The standard InChI is InChI=1S/C28H28ClFN2O5/c29-18-3-10-25-24(15-18)23-11-13-32(28(35)37-22-8-4-19(30)5-9-22)27(26(23)31-25)17-1-6-21(7-2-17)36-14-12-20(34)16-33/h1-10,15,20,24-25,27,31,33-34H,11-14,16H2/t20-,24?,25?,27-/m0/s1. The maximum Gasteiger partial charge on any atom is 0.416 e. The van der Waals surface area contributed by atoms with Crippen LogP contribution in [-0.2, 0) is 0 Å². The largest absolute Gasteiger partial charge is 0.493 e. The van der Waals surface area contributed by atoms with Crippen molar-refractivity contribution >= 4 is 17.7 Å². The van der Waals surface area contributed by atoms with Crippen molar-refractivity contribution in [2.24, 2.45) is 5.92 Å². The molecule has 2 aromatic rings. The summed E-state index contributed by atoms with van der Waals surface area (Å²) in [5, 5.41) is 22.8. The van der Waals surface area contributed by atoms with E-state index in [0.717, 1.165) is 11.3 Å². The summed E-state index contributed by atoms with van der Waals surface area (Å²) in [4.78, 5) is 15.0. The van der Waals surface area contributed by atoms with Crippen LogP contribution < -0.4 is 14.8 Å². The van der Waals surface area contributed by atoms with E-state index in [-0.39, 0.29) is 30.9 Å². The first-order valence-corrected chi connectivity index (χ1v) is 12.6. The van der Waals surface area contributed by atoms with Crippen LogP contribution >= 0.6 is 11.6 Å². The Bertz CT molecular complexity index is 1230. The van der Waals surface area contributed by atoms with Crippen LogP contribution in [0, 0.1) is 11.7 Å². The van der Waals surface area contributed by atoms with Crippen LogP contribution in [0.5, 0.6) is 11.5 Å². The van der Waals surface area contributed by atoms with E-state index in [1.165, 1.54) is 29.8 Å². The smallest absolute Gasteiger partial charge is 0.416 e. The molecule has 2 heterocycles. The van der Waals surface area contributed by atoms with Crippen LogP contribution in [-0.4, -0.2) is 53.1 Å². The topological polar surface area (TPSA) is 91.3 Å². The second-order valence-corrected chi connectivity index (χ2v) is 9.69. The normalized spacial score (nSPS) is 23.1. The van der Waals surface area contributed by atoms with Gasteiger partial charge in [-0.15, -0.1) is 0 Å². The molecular formula is C28H28ClFN2O5. The highest BCUT2D eigenvalue weighted by molar-refractivity contribution is 6.31. The predicted molar refractivity (Wildman–Crippen MR) is 137 cm³/mol. The van der Waals surface area contributed by atoms with Gasteiger partial charge in [0.15, 0.2) is 0 Å². The van der Waals surface area contributed by atoms with Crippen molar-refractivity contribution in [1.29, 1.82) is 0 Å². The number of nitrogens with one attached hydrogen (secondary N) is 1. The minimum Gasteiger partial charge on any atom is -0.493 e. The molecule has 0 radical (unpaired) electrons. The number of aliphatic hydroxyl groups excluding tert-OH is 2. The van der Waals surface area contributed by atoms with E-state index in [0.29, 0.717) is 30.2 Å². The fraction of sp³-hybridized carbons (Fsp3) is 0.321. The molecule has 3 aliphatic rings. The number of benzene rings is 2. The Hall–Kier alpha value is -3.33. The molecule has 4 atom stereocenters. The second kappa shape index (κ2) is 11.0. The van der Waals surface area contributed by atoms with Crippen molar-refractivity contribution in [3.05, 3.63) is 94.4 Å². The molecular weight excluding hydrogens is 499 g/mol. The lowest BCUT2D eigenvalue weighted by molar-refractivity contribution is 0.0754. The van der Waals surface area contributed by atoms with Crippen molar-refractivity contribution in [2.75, 3.05) is 19.8 Å². The van der Waals surface area contributed by atoms with Crippen molar-refractivity contribution in [2.45, 2.75) is 31.0 Å². The van der Waals surface area contributed by atoms with Crippen molar-refractivity contribution in [3.8, 4) is 11.5 Å². The minimum absolute atomic E-state index is 0.0589. The molecule has 2 unspecified atom stereocenters. The first kappa shape index (κ1) is 25.3. The number of halogens is 2. The Balaban J connectivity index is 1.41. The molecule has 3 N–H and O–H groups in total. The Morgan fingerprint density at radius 3 is 2.62 bits per heavy atom. The van der Waals surface area contributed by atoms with Crippen molar-refractivity contribution in [3.63, 3.8) is 0 Å². The lowest BCUT2D eigenvalue weighted by Gasteiger charge is -2.37. The zero-order chi connectivity index (χ0) is 25.9. The zero-order valence-electron chi connectivity index (χ0n) is 20.0. The molecule has 0 aromatic heterocycles. The highest BCUT2D eigenvalue weighted by Crippen LogP contribution is 2.45. The van der Waals surface area contributed by atoms with E-state index in [9.17, 15) is 14.3 Å². The fourth-order valence-corrected chi connectivity index (χ4v) is 5.20. The quantitative estimate of drug-likeness (QED) is 0.494. The number of nitrogens with zero attached hydrogens (tertiary/aromatic N) is 1. The summed E-state index contributed by atoms with van der Waals surface area (Å²) in [5.74, 6) is 0.594. The van der Waals surface area contributed by atoms with Gasteiger partial charge in [-0.25, -0.2) is 9.18 Å². The van der Waals surface area contributed by atoms with Crippen LogP contribution in [0.4, 0.5) is 9.18 Å². The van der Waals surface area contributed by atoms with Gasteiger partial charge in [-0.05, 0) is 60.0 Å². The van der Waals surface area contributed by atoms with Gasteiger partial charge in [-0.3, -0.25) is 4.90 Å². The summed E-state index contributed by atoms with van der Waals surface area (Å²) in [7, 11) is 0. The molecule has 0 saturated heterocycles. The summed E-state index contributed by atoms with van der Waals surface area (Å²) in [6, 6.07) is 12.4. The molecule has 5 rings (SSSR count). The van der Waals surface area contributed by atoms with Crippen LogP contribution in [0.2, 0.25) is 0 Å². The number of amides is 1. The Morgan fingerprint density at radius 1 is 1.16 bits per heavy atom. The minimum atomic E-state index is -0.818. The molecule has 1 amide bonds. The summed E-state index contributed by atoms with van der Waals surface area (Å²) >= 11 is 6.31. The van der Waals surface area contributed by atoms with Gasteiger partial charge in [-0.2, -0.15) is 0 Å². The number of hydrogen-bond acceptors (Lipinski definition) is 6. The predicted octanol–water partition coefficient (Wildman–Crippen LogP) is 4.43. The number of rotatable bonds is 7. The molecule has 1 aliphatic carbocycles. The number of ether oxygens (including phenoxy) is 2. The third-order valence-corrected chi connectivity index (χ3v) is 7.10. The van der Waals surface area contributed by atoms with E-state index < -0.39 is 24.1 Å². The molecule has 2 aromatic carbocycles. The van der Waals surface area contributed by atoms with Gasteiger partial charge in [0.25, 0.3) is 0 Å². The van der Waals surface area contributed by atoms with E-state index in [1.54, 1.807) is 4.90 Å². The molecule has 194 valence electrons. The van der Waals surface area contributed by atoms with E-state index in [4.69, 9.17) is 26.2 Å². The first-order valence-electron chi connectivity index (χ1n) is 12.2. The lowest BCUT2D eigenvalue weighted by atomic mass is 9.85. The molecule has 2 aliphatic heterocycles. The lowest BCUT2D eigenvalue weighted by Crippen LogP contribution is -2.43. The van der Waals surface area contributed by atoms with Crippen molar-refractivity contribution < 1.29 is 28.9 Å². The van der Waals surface area contributed by atoms with Crippen molar-refractivity contribution in [1.82, 2.24) is 10.2 Å². The summed E-state index contributed by atoms with van der Waals surface area (Å²) < 4.78 is 24.6.